The lowest BCUT2D eigenvalue weighted by molar-refractivity contribution is -0.138. The number of amides is 1. The van der Waals surface area contributed by atoms with Crippen LogP contribution in [-0.4, -0.2) is 30.8 Å². The van der Waals surface area contributed by atoms with Crippen LogP contribution in [0.25, 0.3) is 0 Å². The molecule has 2 bridgehead atoms. The lowest BCUT2D eigenvalue weighted by Gasteiger charge is -2.53. The van der Waals surface area contributed by atoms with Gasteiger partial charge in [0.15, 0.2) is 11.5 Å². The first-order chi connectivity index (χ1) is 13.7. The number of ether oxygens (including phenoxy) is 2. The molecule has 2 N–H and O–H groups in total. The van der Waals surface area contributed by atoms with Crippen LogP contribution in [0.5, 0.6) is 11.5 Å². The number of phenols is 1. The highest BCUT2D eigenvalue weighted by molar-refractivity contribution is 5.76. The maximum atomic E-state index is 12.7. The zero-order valence-electron chi connectivity index (χ0n) is 18.3. The predicted octanol–water partition coefficient (Wildman–Crippen LogP) is 4.45. The van der Waals surface area contributed by atoms with E-state index in [-0.39, 0.29) is 40.6 Å². The number of nitrogens with one attached hydrogen (secondary N) is 1. The number of fused-ring (bicyclic) bond motifs is 1. The summed E-state index contributed by atoms with van der Waals surface area (Å²) in [6.07, 6.45) is 3.57. The second-order valence-electron chi connectivity index (χ2n) is 10.3. The van der Waals surface area contributed by atoms with Gasteiger partial charge in [-0.1, -0.05) is 39.8 Å². The number of rotatable bonds is 5. The SMILES string of the molecule is COc1cccc([C@H]2OCC[C@@]34C[C@@H](C[C@H]23)C(C)(C)[C@H]4NC(=O)CC(C)C)c1O. The number of methoxy groups -OCH3 is 1. The second-order valence-corrected chi connectivity index (χ2v) is 10.3. The molecule has 4 rings (SSSR count). The monoisotopic (exact) mass is 401 g/mol. The van der Waals surface area contributed by atoms with Crippen LogP contribution in [0.1, 0.15) is 65.0 Å². The third-order valence-corrected chi connectivity index (χ3v) is 7.96. The lowest BCUT2D eigenvalue weighted by Crippen LogP contribution is -2.59. The molecule has 2 aliphatic carbocycles. The van der Waals surface area contributed by atoms with Crippen LogP contribution in [0, 0.1) is 28.6 Å². The van der Waals surface area contributed by atoms with E-state index in [2.05, 4.69) is 33.0 Å². The summed E-state index contributed by atoms with van der Waals surface area (Å²) in [6, 6.07) is 5.78. The van der Waals surface area contributed by atoms with Crippen molar-refractivity contribution in [3.8, 4) is 11.5 Å². The van der Waals surface area contributed by atoms with Crippen molar-refractivity contribution in [3.05, 3.63) is 23.8 Å². The Hall–Kier alpha value is -1.75. The predicted molar refractivity (Wildman–Crippen MR) is 112 cm³/mol. The molecule has 3 aliphatic rings. The maximum absolute atomic E-state index is 12.7. The average Bonchev–Trinajstić information content (AvgIpc) is 3.14. The lowest BCUT2D eigenvalue weighted by atomic mass is 9.58. The van der Waals surface area contributed by atoms with E-state index in [9.17, 15) is 9.90 Å². The van der Waals surface area contributed by atoms with Crippen LogP contribution in [0.15, 0.2) is 18.2 Å². The van der Waals surface area contributed by atoms with E-state index in [1.54, 1.807) is 13.2 Å². The molecule has 0 unspecified atom stereocenters. The van der Waals surface area contributed by atoms with Crippen LogP contribution < -0.4 is 10.1 Å². The van der Waals surface area contributed by atoms with Crippen molar-refractivity contribution in [1.29, 1.82) is 0 Å². The molecule has 2 saturated carbocycles. The molecule has 1 aromatic carbocycles. The largest absolute Gasteiger partial charge is 0.504 e. The molecule has 5 atom stereocenters. The van der Waals surface area contributed by atoms with Crippen molar-refractivity contribution in [2.45, 2.75) is 65.5 Å². The maximum Gasteiger partial charge on any atom is 0.220 e. The summed E-state index contributed by atoms with van der Waals surface area (Å²) in [5.74, 6) is 2.01. The fraction of sp³-hybridized carbons (Fsp3) is 0.708. The molecular formula is C24H35NO4. The zero-order chi connectivity index (χ0) is 21.0. The highest BCUT2D eigenvalue weighted by Crippen LogP contribution is 2.70. The van der Waals surface area contributed by atoms with E-state index in [1.807, 2.05) is 12.1 Å². The fourth-order valence-corrected chi connectivity index (χ4v) is 6.62. The standard InChI is InChI=1S/C24H35NO4/c1-14(2)11-19(26)25-22-23(3,4)15-12-17-21(29-10-9-24(17,22)13-15)16-7-6-8-18(28-5)20(16)27/h6-8,14-15,17,21-22,27H,9-13H2,1-5H3,(H,25,26)/t15-,17-,21-,22-,24-/m1/s1. The third-order valence-electron chi connectivity index (χ3n) is 7.96. The highest BCUT2D eigenvalue weighted by Gasteiger charge is 2.68. The number of para-hydroxylation sites is 1. The van der Waals surface area contributed by atoms with Gasteiger partial charge in [0.25, 0.3) is 0 Å². The van der Waals surface area contributed by atoms with Crippen molar-refractivity contribution >= 4 is 5.91 Å². The Kier molecular flexibility index (Phi) is 5.09. The minimum atomic E-state index is -0.163. The summed E-state index contributed by atoms with van der Waals surface area (Å²) in [7, 11) is 1.57. The highest BCUT2D eigenvalue weighted by atomic mass is 16.5. The number of hydrogen-bond donors (Lipinski definition) is 2. The fourth-order valence-electron chi connectivity index (χ4n) is 6.62. The van der Waals surface area contributed by atoms with E-state index < -0.39 is 0 Å². The van der Waals surface area contributed by atoms with E-state index in [0.717, 1.165) is 24.8 Å². The van der Waals surface area contributed by atoms with Gasteiger partial charge >= 0.3 is 0 Å². The second kappa shape index (κ2) is 7.19. The van der Waals surface area contributed by atoms with Crippen LogP contribution >= 0.6 is 0 Å². The summed E-state index contributed by atoms with van der Waals surface area (Å²) in [6.45, 7) is 9.45. The van der Waals surface area contributed by atoms with E-state index in [4.69, 9.17) is 9.47 Å². The van der Waals surface area contributed by atoms with E-state index >= 15 is 0 Å². The Labute approximate surface area is 174 Å². The number of benzene rings is 1. The summed E-state index contributed by atoms with van der Waals surface area (Å²) in [5, 5.41) is 14.2. The van der Waals surface area contributed by atoms with Gasteiger partial charge in [0.05, 0.1) is 13.2 Å². The molecule has 160 valence electrons. The number of aromatic hydroxyl groups is 1. The number of phenolic OH excluding ortho intramolecular Hbond substituents is 1. The van der Waals surface area contributed by atoms with Crippen molar-refractivity contribution < 1.29 is 19.4 Å². The van der Waals surface area contributed by atoms with Gasteiger partial charge in [0.2, 0.25) is 5.91 Å². The first-order valence-electron chi connectivity index (χ1n) is 11.0. The molecule has 5 heteroatoms. The molecule has 29 heavy (non-hydrogen) atoms. The zero-order valence-corrected chi connectivity index (χ0v) is 18.3. The Bertz CT molecular complexity index is 789. The first kappa shape index (κ1) is 20.5. The van der Waals surface area contributed by atoms with Crippen molar-refractivity contribution in [2.24, 2.45) is 28.6 Å². The van der Waals surface area contributed by atoms with Gasteiger partial charge in [0.1, 0.15) is 0 Å². The minimum Gasteiger partial charge on any atom is -0.504 e. The Morgan fingerprint density at radius 3 is 2.83 bits per heavy atom. The van der Waals surface area contributed by atoms with Gasteiger partial charge in [-0.05, 0) is 53.9 Å². The Morgan fingerprint density at radius 2 is 2.14 bits per heavy atom. The summed E-state index contributed by atoms with van der Waals surface area (Å²) in [4.78, 5) is 12.7. The average molecular weight is 402 g/mol. The molecule has 1 aliphatic heterocycles. The molecule has 3 fully saturated rings. The minimum absolute atomic E-state index is 0.0270. The number of carbonyl (C=O) groups is 1. The van der Waals surface area contributed by atoms with E-state index in [0.29, 0.717) is 30.6 Å². The Morgan fingerprint density at radius 1 is 1.38 bits per heavy atom. The molecular weight excluding hydrogens is 366 g/mol. The van der Waals surface area contributed by atoms with Crippen LogP contribution in [0.2, 0.25) is 0 Å². The van der Waals surface area contributed by atoms with E-state index in [1.165, 1.54) is 0 Å². The summed E-state index contributed by atoms with van der Waals surface area (Å²) in [5.41, 5.74) is 0.909. The summed E-state index contributed by atoms with van der Waals surface area (Å²) >= 11 is 0. The first-order valence-corrected chi connectivity index (χ1v) is 11.0. The van der Waals surface area contributed by atoms with Gasteiger partial charge in [-0.3, -0.25) is 4.79 Å². The number of hydrogen-bond acceptors (Lipinski definition) is 4. The van der Waals surface area contributed by atoms with Crippen LogP contribution in [0.4, 0.5) is 0 Å². The normalized spacial score (nSPS) is 34.8. The Balaban J connectivity index is 1.68. The molecule has 0 aromatic heterocycles. The van der Waals surface area contributed by atoms with Crippen molar-refractivity contribution in [2.75, 3.05) is 13.7 Å². The quantitative estimate of drug-likeness (QED) is 0.765. The molecule has 1 saturated heterocycles. The molecule has 1 spiro atoms. The van der Waals surface area contributed by atoms with Gasteiger partial charge < -0.3 is 19.9 Å². The van der Waals surface area contributed by atoms with Crippen molar-refractivity contribution in [3.63, 3.8) is 0 Å². The third kappa shape index (κ3) is 3.13. The van der Waals surface area contributed by atoms with Gasteiger partial charge in [-0.25, -0.2) is 0 Å². The number of carbonyl (C=O) groups excluding carboxylic acids is 1. The molecule has 0 radical (unpaired) electrons. The molecule has 1 amide bonds. The molecule has 1 heterocycles. The smallest absolute Gasteiger partial charge is 0.220 e. The van der Waals surface area contributed by atoms with Crippen LogP contribution in [0.3, 0.4) is 0 Å². The van der Waals surface area contributed by atoms with Gasteiger partial charge in [0, 0.05) is 24.6 Å². The van der Waals surface area contributed by atoms with Crippen molar-refractivity contribution in [1.82, 2.24) is 5.32 Å². The van der Waals surface area contributed by atoms with Gasteiger partial charge in [-0.2, -0.15) is 0 Å². The summed E-state index contributed by atoms with van der Waals surface area (Å²) < 4.78 is 11.6. The molecule has 1 aromatic rings. The molecule has 5 nitrogen and oxygen atoms in total. The topological polar surface area (TPSA) is 67.8 Å². The van der Waals surface area contributed by atoms with Crippen LogP contribution in [-0.2, 0) is 9.53 Å². The van der Waals surface area contributed by atoms with Gasteiger partial charge in [-0.15, -0.1) is 0 Å².